The number of aryl methyl sites for hydroxylation is 1. The minimum atomic E-state index is -3.76. The monoisotopic (exact) mass is 497 g/mol. The first-order valence-electron chi connectivity index (χ1n) is 11.6. The maximum atomic E-state index is 13.0. The van der Waals surface area contributed by atoms with Crippen molar-refractivity contribution >= 4 is 21.9 Å². The largest absolute Gasteiger partial charge is 0.496 e. The molecule has 186 valence electrons. The van der Waals surface area contributed by atoms with Gasteiger partial charge in [0.05, 0.1) is 12.7 Å². The molecule has 0 unspecified atom stereocenters. The summed E-state index contributed by atoms with van der Waals surface area (Å²) >= 11 is 0. The van der Waals surface area contributed by atoms with Crippen molar-refractivity contribution in [2.45, 2.75) is 44.1 Å². The third-order valence-corrected chi connectivity index (χ3v) is 7.66. The second-order valence-electron chi connectivity index (χ2n) is 8.96. The lowest BCUT2D eigenvalue weighted by molar-refractivity contribution is 0.0932. The van der Waals surface area contributed by atoms with Gasteiger partial charge in [0.15, 0.2) is 5.82 Å². The molecule has 35 heavy (non-hydrogen) atoms. The van der Waals surface area contributed by atoms with Crippen molar-refractivity contribution < 1.29 is 17.9 Å². The molecule has 4 N–H and O–H groups in total. The molecular weight excluding hydrogens is 466 g/mol. The molecule has 9 nitrogen and oxygen atoms in total. The molecule has 2 aromatic carbocycles. The Morgan fingerprint density at radius 1 is 1.11 bits per heavy atom. The summed E-state index contributed by atoms with van der Waals surface area (Å²) in [5.74, 6) is 0.582. The van der Waals surface area contributed by atoms with Gasteiger partial charge in [-0.25, -0.2) is 0 Å². The Morgan fingerprint density at radius 3 is 2.46 bits per heavy atom. The minimum Gasteiger partial charge on any atom is -0.496 e. The highest BCUT2D eigenvalue weighted by Gasteiger charge is 2.38. The van der Waals surface area contributed by atoms with Crippen molar-refractivity contribution in [3.05, 3.63) is 77.5 Å². The van der Waals surface area contributed by atoms with E-state index in [-0.39, 0.29) is 23.2 Å². The highest BCUT2D eigenvalue weighted by molar-refractivity contribution is 7.90. The number of benzene rings is 2. The van der Waals surface area contributed by atoms with Crippen LogP contribution in [-0.2, 0) is 15.6 Å². The van der Waals surface area contributed by atoms with Crippen LogP contribution in [0.4, 0.5) is 5.82 Å². The van der Waals surface area contributed by atoms with Crippen LogP contribution in [0.3, 0.4) is 0 Å². The van der Waals surface area contributed by atoms with Gasteiger partial charge in [0, 0.05) is 29.8 Å². The zero-order valence-electron chi connectivity index (χ0n) is 19.9. The number of methoxy groups -OCH3 is 1. The van der Waals surface area contributed by atoms with Crippen LogP contribution in [0, 0.1) is 6.92 Å². The van der Waals surface area contributed by atoms with Crippen LogP contribution < -0.4 is 19.5 Å². The van der Waals surface area contributed by atoms with Gasteiger partial charge < -0.3 is 10.1 Å². The molecule has 1 fully saturated rings. The van der Waals surface area contributed by atoms with Crippen molar-refractivity contribution in [1.29, 1.82) is 0 Å². The van der Waals surface area contributed by atoms with Crippen LogP contribution in [0.5, 0.6) is 5.75 Å². The molecule has 0 bridgehead atoms. The van der Waals surface area contributed by atoms with Crippen molar-refractivity contribution in [1.82, 2.24) is 20.2 Å². The number of nitrogens with one attached hydrogen (secondary N) is 4. The molecule has 1 aliphatic rings. The Balaban J connectivity index is 1.44. The summed E-state index contributed by atoms with van der Waals surface area (Å²) in [6.07, 6.45) is 2.72. The van der Waals surface area contributed by atoms with Crippen LogP contribution in [0.1, 0.15) is 47.3 Å². The van der Waals surface area contributed by atoms with E-state index >= 15 is 0 Å². The molecule has 1 aromatic heterocycles. The van der Waals surface area contributed by atoms with Crippen LogP contribution in [0.25, 0.3) is 0 Å². The van der Waals surface area contributed by atoms with Crippen molar-refractivity contribution in [2.24, 2.45) is 0 Å². The van der Waals surface area contributed by atoms with E-state index in [0.717, 1.165) is 24.1 Å². The number of aromatic nitrogens is 2. The van der Waals surface area contributed by atoms with Crippen LogP contribution in [0.2, 0.25) is 0 Å². The van der Waals surface area contributed by atoms with E-state index in [0.29, 0.717) is 30.7 Å². The average molecular weight is 498 g/mol. The maximum Gasteiger partial charge on any atom is 0.300 e. The van der Waals surface area contributed by atoms with Gasteiger partial charge in [-0.2, -0.15) is 18.2 Å². The smallest absolute Gasteiger partial charge is 0.300 e. The topological polar surface area (TPSA) is 125 Å². The first kappa shape index (κ1) is 24.7. The third kappa shape index (κ3) is 6.01. The molecule has 0 radical (unpaired) electrons. The van der Waals surface area contributed by atoms with E-state index in [1.54, 1.807) is 38.3 Å². The summed E-state index contributed by atoms with van der Waals surface area (Å²) in [6, 6.07) is 18.6. The van der Waals surface area contributed by atoms with E-state index in [1.807, 2.05) is 24.3 Å². The molecule has 10 heteroatoms. The number of hydrogen-bond acceptors (Lipinski definition) is 5. The molecule has 1 aliphatic carbocycles. The van der Waals surface area contributed by atoms with Gasteiger partial charge in [0.2, 0.25) is 0 Å². The molecule has 3 aromatic rings. The molecule has 0 atom stereocenters. The van der Waals surface area contributed by atoms with Gasteiger partial charge in [-0.15, -0.1) is 0 Å². The first-order chi connectivity index (χ1) is 16.8. The molecular formula is C25H31N5O4S. The Hall–Kier alpha value is -3.37. The Labute approximate surface area is 205 Å². The van der Waals surface area contributed by atoms with E-state index < -0.39 is 10.2 Å². The predicted molar refractivity (Wildman–Crippen MR) is 135 cm³/mol. The average Bonchev–Trinajstić information content (AvgIpc) is 3.27. The van der Waals surface area contributed by atoms with Gasteiger partial charge >= 0.3 is 10.2 Å². The second kappa shape index (κ2) is 10.5. The number of nitrogens with zero attached hydrogens (tertiary/aromatic N) is 1. The number of carbonyl (C=O) groups is 1. The maximum absolute atomic E-state index is 13.0. The quantitative estimate of drug-likeness (QED) is 0.361. The molecule has 0 aliphatic heterocycles. The number of aromatic amines is 1. The lowest BCUT2D eigenvalue weighted by atomic mass is 9.68. The molecule has 1 amide bonds. The van der Waals surface area contributed by atoms with E-state index in [4.69, 9.17) is 4.74 Å². The van der Waals surface area contributed by atoms with Crippen LogP contribution in [-0.4, -0.2) is 44.2 Å². The SMILES string of the molecule is COc1ccccc1C(=O)NC[C@]1(c2ccccc2)CC[C@H](NS(=O)(=O)Nc2cc(C)[nH]n2)CC1. The Bertz CT molecular complexity index is 1250. The van der Waals surface area contributed by atoms with Crippen molar-refractivity contribution in [2.75, 3.05) is 18.4 Å². The summed E-state index contributed by atoms with van der Waals surface area (Å²) in [5, 5.41) is 9.75. The fraction of sp³-hybridized carbons (Fsp3) is 0.360. The highest BCUT2D eigenvalue weighted by atomic mass is 32.2. The van der Waals surface area contributed by atoms with Gasteiger partial charge in [0.25, 0.3) is 5.91 Å². The summed E-state index contributed by atoms with van der Waals surface area (Å²) < 4.78 is 35.7. The van der Waals surface area contributed by atoms with E-state index in [2.05, 4.69) is 37.1 Å². The summed E-state index contributed by atoms with van der Waals surface area (Å²) in [7, 11) is -2.21. The lowest BCUT2D eigenvalue weighted by Gasteiger charge is -2.41. The van der Waals surface area contributed by atoms with Gasteiger partial charge in [0.1, 0.15) is 5.75 Å². The summed E-state index contributed by atoms with van der Waals surface area (Å²) in [4.78, 5) is 13.0. The number of para-hydroxylation sites is 1. The lowest BCUT2D eigenvalue weighted by Crippen LogP contribution is -2.48. The minimum absolute atomic E-state index is 0.195. The first-order valence-corrected chi connectivity index (χ1v) is 13.1. The molecule has 1 heterocycles. The molecule has 0 saturated heterocycles. The normalized spacial score (nSPS) is 20.2. The molecule has 4 rings (SSSR count). The zero-order chi connectivity index (χ0) is 24.9. The number of anilines is 1. The molecule has 0 spiro atoms. The number of H-pyrrole nitrogens is 1. The number of ether oxygens (including phenoxy) is 1. The highest BCUT2D eigenvalue weighted by Crippen LogP contribution is 2.39. The predicted octanol–water partition coefficient (Wildman–Crippen LogP) is 3.28. The van der Waals surface area contributed by atoms with Gasteiger partial charge in [-0.3, -0.25) is 14.6 Å². The number of amides is 1. The van der Waals surface area contributed by atoms with E-state index in [1.165, 1.54) is 0 Å². The van der Waals surface area contributed by atoms with Gasteiger partial charge in [-0.1, -0.05) is 42.5 Å². The standard InChI is InChI=1S/C25H31N5O4S/c1-18-16-23(28-27-18)30-35(32,33)29-20-12-14-25(15-13-20,19-8-4-3-5-9-19)17-26-24(31)21-10-6-7-11-22(21)34-2/h3-11,16,20,29H,12-15,17H2,1-2H3,(H,26,31)(H2,27,28,30)/t20-,25-. The fourth-order valence-corrected chi connectivity index (χ4v) is 5.79. The number of carbonyl (C=O) groups excluding carboxylic acids is 1. The van der Waals surface area contributed by atoms with Crippen LogP contribution >= 0.6 is 0 Å². The Kier molecular flexibility index (Phi) is 7.42. The Morgan fingerprint density at radius 2 is 1.80 bits per heavy atom. The van der Waals surface area contributed by atoms with Crippen molar-refractivity contribution in [3.63, 3.8) is 0 Å². The van der Waals surface area contributed by atoms with E-state index in [9.17, 15) is 13.2 Å². The number of hydrogen-bond donors (Lipinski definition) is 4. The van der Waals surface area contributed by atoms with Crippen LogP contribution in [0.15, 0.2) is 60.7 Å². The number of rotatable bonds is 9. The summed E-state index contributed by atoms with van der Waals surface area (Å²) in [6.45, 7) is 2.24. The van der Waals surface area contributed by atoms with Gasteiger partial charge in [-0.05, 0) is 50.3 Å². The summed E-state index contributed by atoms with van der Waals surface area (Å²) in [5.41, 5.74) is 2.09. The second-order valence-corrected chi connectivity index (χ2v) is 10.4. The van der Waals surface area contributed by atoms with Crippen molar-refractivity contribution in [3.8, 4) is 5.75 Å². The third-order valence-electron chi connectivity index (χ3n) is 6.53. The molecule has 1 saturated carbocycles. The zero-order valence-corrected chi connectivity index (χ0v) is 20.7. The fourth-order valence-electron chi connectivity index (χ4n) is 4.68.